The molecule has 27 heavy (non-hydrogen) atoms. The Morgan fingerprint density at radius 3 is 2.52 bits per heavy atom. The van der Waals surface area contributed by atoms with E-state index < -0.39 is 12.7 Å². The predicted octanol–water partition coefficient (Wildman–Crippen LogP) is 2.36. The van der Waals surface area contributed by atoms with Crippen molar-refractivity contribution in [3.63, 3.8) is 0 Å². The molecule has 1 atom stereocenters. The number of nitrogens with one attached hydrogen (secondary N) is 2. The average Bonchev–Trinajstić information content (AvgIpc) is 3.48. The van der Waals surface area contributed by atoms with Crippen LogP contribution in [0, 0.1) is 0 Å². The minimum atomic E-state index is -2.86. The molecular formula is C19H30F2N4O2. The highest BCUT2D eigenvalue weighted by molar-refractivity contribution is 5.79. The van der Waals surface area contributed by atoms with E-state index in [4.69, 9.17) is 0 Å². The number of aliphatic imine (C=N–C) groups is 1. The molecule has 0 spiro atoms. The maximum atomic E-state index is 12.2. The van der Waals surface area contributed by atoms with Crippen LogP contribution in [0.15, 0.2) is 29.3 Å². The van der Waals surface area contributed by atoms with Gasteiger partial charge in [-0.15, -0.1) is 0 Å². The molecule has 0 saturated heterocycles. The van der Waals surface area contributed by atoms with Gasteiger partial charge in [-0.2, -0.15) is 8.78 Å². The molecule has 1 aliphatic carbocycles. The molecule has 2 rings (SSSR count). The molecule has 0 aliphatic heterocycles. The van der Waals surface area contributed by atoms with Crippen molar-refractivity contribution in [1.82, 2.24) is 15.5 Å². The van der Waals surface area contributed by atoms with Crippen molar-refractivity contribution >= 4 is 5.96 Å². The third-order valence-corrected chi connectivity index (χ3v) is 4.42. The third kappa shape index (κ3) is 7.68. The van der Waals surface area contributed by atoms with Gasteiger partial charge in [0.25, 0.3) is 0 Å². The number of hydrogen-bond acceptors (Lipinski definition) is 4. The lowest BCUT2D eigenvalue weighted by Gasteiger charge is -2.21. The Labute approximate surface area is 159 Å². The average molecular weight is 384 g/mol. The van der Waals surface area contributed by atoms with E-state index >= 15 is 0 Å². The summed E-state index contributed by atoms with van der Waals surface area (Å²) < 4.78 is 28.7. The summed E-state index contributed by atoms with van der Waals surface area (Å²) in [4.78, 5) is 6.87. The van der Waals surface area contributed by atoms with Crippen LogP contribution in [0.4, 0.5) is 8.78 Å². The normalized spacial score (nSPS) is 15.9. The number of guanidine groups is 1. The van der Waals surface area contributed by atoms with Gasteiger partial charge in [-0.05, 0) is 44.0 Å². The number of aliphatic hydroxyl groups is 1. The van der Waals surface area contributed by atoms with Gasteiger partial charge in [0.15, 0.2) is 5.96 Å². The molecule has 152 valence electrons. The monoisotopic (exact) mass is 384 g/mol. The van der Waals surface area contributed by atoms with Gasteiger partial charge < -0.3 is 20.5 Å². The van der Waals surface area contributed by atoms with Gasteiger partial charge in [0.1, 0.15) is 5.75 Å². The zero-order valence-corrected chi connectivity index (χ0v) is 16.0. The largest absolute Gasteiger partial charge is 0.435 e. The molecule has 0 heterocycles. The van der Waals surface area contributed by atoms with Gasteiger partial charge in [-0.25, -0.2) is 0 Å². The second-order valence-electron chi connectivity index (χ2n) is 6.47. The van der Waals surface area contributed by atoms with E-state index in [-0.39, 0.29) is 12.3 Å². The fraction of sp³-hybridized carbons (Fsp3) is 0.632. The minimum absolute atomic E-state index is 0.0654. The van der Waals surface area contributed by atoms with Gasteiger partial charge in [-0.1, -0.05) is 19.1 Å². The molecule has 0 bridgehead atoms. The van der Waals surface area contributed by atoms with E-state index in [1.54, 1.807) is 12.1 Å². The number of rotatable bonds is 11. The SMILES string of the molecule is CCNC(=NCC(O)c1ccc(OC(F)F)cc1)NCCN(CC)C1CC1. The van der Waals surface area contributed by atoms with Crippen molar-refractivity contribution in [2.24, 2.45) is 4.99 Å². The van der Waals surface area contributed by atoms with E-state index in [9.17, 15) is 13.9 Å². The number of aliphatic hydroxyl groups excluding tert-OH is 1. The van der Waals surface area contributed by atoms with E-state index in [1.165, 1.54) is 25.0 Å². The lowest BCUT2D eigenvalue weighted by Crippen LogP contribution is -2.42. The molecule has 6 nitrogen and oxygen atoms in total. The van der Waals surface area contributed by atoms with E-state index in [0.717, 1.165) is 32.2 Å². The van der Waals surface area contributed by atoms with Crippen molar-refractivity contribution in [1.29, 1.82) is 0 Å². The van der Waals surface area contributed by atoms with Crippen molar-refractivity contribution < 1.29 is 18.6 Å². The van der Waals surface area contributed by atoms with Crippen molar-refractivity contribution in [3.05, 3.63) is 29.8 Å². The van der Waals surface area contributed by atoms with E-state index in [1.807, 2.05) is 6.92 Å². The Kier molecular flexibility index (Phi) is 8.74. The van der Waals surface area contributed by atoms with Crippen LogP contribution in [0.3, 0.4) is 0 Å². The molecule has 1 unspecified atom stereocenters. The van der Waals surface area contributed by atoms with Crippen LogP contribution in [0.5, 0.6) is 5.75 Å². The topological polar surface area (TPSA) is 69.1 Å². The lowest BCUT2D eigenvalue weighted by molar-refractivity contribution is -0.0498. The lowest BCUT2D eigenvalue weighted by atomic mass is 10.1. The first-order valence-corrected chi connectivity index (χ1v) is 9.52. The molecular weight excluding hydrogens is 354 g/mol. The molecule has 3 N–H and O–H groups in total. The van der Waals surface area contributed by atoms with Crippen molar-refractivity contribution in [3.8, 4) is 5.75 Å². The van der Waals surface area contributed by atoms with Gasteiger partial charge in [0.05, 0.1) is 12.6 Å². The maximum absolute atomic E-state index is 12.2. The molecule has 1 saturated carbocycles. The summed E-state index contributed by atoms with van der Waals surface area (Å²) in [5.74, 6) is 0.719. The number of nitrogens with zero attached hydrogens (tertiary/aromatic N) is 2. The summed E-state index contributed by atoms with van der Waals surface area (Å²) in [6.07, 6.45) is 1.75. The quantitative estimate of drug-likeness (QED) is 0.404. The number of alkyl halides is 2. The Morgan fingerprint density at radius 1 is 1.26 bits per heavy atom. The van der Waals surface area contributed by atoms with E-state index in [0.29, 0.717) is 11.5 Å². The van der Waals surface area contributed by atoms with Crippen LogP contribution in [0.25, 0.3) is 0 Å². The first-order valence-electron chi connectivity index (χ1n) is 9.52. The number of halogens is 2. The van der Waals surface area contributed by atoms with Crippen LogP contribution in [0.1, 0.15) is 38.4 Å². The van der Waals surface area contributed by atoms with Crippen molar-refractivity contribution in [2.45, 2.75) is 45.4 Å². The zero-order valence-electron chi connectivity index (χ0n) is 16.0. The van der Waals surface area contributed by atoms with Gasteiger partial charge in [0.2, 0.25) is 0 Å². The molecule has 1 aromatic rings. The third-order valence-electron chi connectivity index (χ3n) is 4.42. The molecule has 1 aromatic carbocycles. The van der Waals surface area contributed by atoms with Crippen molar-refractivity contribution in [2.75, 3.05) is 32.7 Å². The highest BCUT2D eigenvalue weighted by Gasteiger charge is 2.27. The second kappa shape index (κ2) is 11.0. The molecule has 0 amide bonds. The van der Waals surface area contributed by atoms with Crippen LogP contribution >= 0.6 is 0 Å². The molecule has 0 aromatic heterocycles. The first kappa shape index (κ1) is 21.4. The van der Waals surface area contributed by atoms with Gasteiger partial charge in [0, 0.05) is 25.7 Å². The highest BCUT2D eigenvalue weighted by atomic mass is 19.3. The Balaban J connectivity index is 1.83. The Morgan fingerprint density at radius 2 is 1.96 bits per heavy atom. The fourth-order valence-electron chi connectivity index (χ4n) is 2.85. The summed E-state index contributed by atoms with van der Waals surface area (Å²) in [6.45, 7) is 4.98. The number of likely N-dealkylation sites (N-methyl/N-ethyl adjacent to an activating group) is 1. The zero-order chi connectivity index (χ0) is 19.6. The summed E-state index contributed by atoms with van der Waals surface area (Å²) >= 11 is 0. The smallest absolute Gasteiger partial charge is 0.387 e. The minimum Gasteiger partial charge on any atom is -0.435 e. The molecule has 8 heteroatoms. The van der Waals surface area contributed by atoms with Gasteiger partial charge >= 0.3 is 6.61 Å². The molecule has 0 radical (unpaired) electrons. The second-order valence-corrected chi connectivity index (χ2v) is 6.47. The van der Waals surface area contributed by atoms with Gasteiger partial charge in [-0.3, -0.25) is 9.89 Å². The Bertz CT molecular complexity index is 580. The standard InChI is InChI=1S/C19H30F2N4O2/c1-3-22-19(23-11-12-25(4-2)15-7-8-15)24-13-17(26)14-5-9-16(10-6-14)27-18(20)21/h5-6,9-10,15,17-18,26H,3-4,7-8,11-13H2,1-2H3,(H2,22,23,24). The number of benzene rings is 1. The van der Waals surface area contributed by atoms with Crippen LogP contribution in [-0.4, -0.2) is 61.3 Å². The van der Waals surface area contributed by atoms with Crippen LogP contribution in [0.2, 0.25) is 0 Å². The summed E-state index contributed by atoms with van der Waals surface area (Å²) in [5.41, 5.74) is 0.599. The van der Waals surface area contributed by atoms with E-state index in [2.05, 4.69) is 32.2 Å². The summed E-state index contributed by atoms with van der Waals surface area (Å²) in [7, 11) is 0. The predicted molar refractivity (Wildman–Crippen MR) is 102 cm³/mol. The summed E-state index contributed by atoms with van der Waals surface area (Å²) in [5, 5.41) is 16.7. The first-order chi connectivity index (χ1) is 13.0. The van der Waals surface area contributed by atoms with Crippen LogP contribution < -0.4 is 15.4 Å². The number of hydrogen-bond donors (Lipinski definition) is 3. The molecule has 1 aliphatic rings. The molecule has 1 fully saturated rings. The maximum Gasteiger partial charge on any atom is 0.387 e. The van der Waals surface area contributed by atoms with Crippen LogP contribution in [-0.2, 0) is 0 Å². The Hall–Kier alpha value is -1.93. The fourth-order valence-corrected chi connectivity index (χ4v) is 2.85. The number of ether oxygens (including phenoxy) is 1. The summed E-state index contributed by atoms with van der Waals surface area (Å²) in [6, 6.07) is 6.68. The highest BCUT2D eigenvalue weighted by Crippen LogP contribution is 2.25.